The van der Waals surface area contributed by atoms with Crippen LogP contribution in [0.15, 0.2) is 48.5 Å². The molecule has 0 unspecified atom stereocenters. The standard InChI is InChI=1S/C22H29N3O/c1-18-8-9-19(2)21(14-18)16-24-10-12-25(13-11-24)17-22(26)23-15-20-6-4-3-5-7-20/h3-9,14H,10-13,15-17H2,1-2H3,(H,23,26). The first-order chi connectivity index (χ1) is 12.6. The number of benzene rings is 2. The monoisotopic (exact) mass is 351 g/mol. The third kappa shape index (κ3) is 5.41. The third-order valence-electron chi connectivity index (χ3n) is 5.06. The molecule has 2 aromatic rings. The van der Waals surface area contributed by atoms with Gasteiger partial charge in [-0.1, -0.05) is 54.1 Å². The summed E-state index contributed by atoms with van der Waals surface area (Å²) in [7, 11) is 0. The van der Waals surface area contributed by atoms with Crippen LogP contribution in [0.4, 0.5) is 0 Å². The molecule has 1 fully saturated rings. The summed E-state index contributed by atoms with van der Waals surface area (Å²) >= 11 is 0. The lowest BCUT2D eigenvalue weighted by Gasteiger charge is -2.34. The van der Waals surface area contributed by atoms with Crippen molar-refractivity contribution in [3.8, 4) is 0 Å². The van der Waals surface area contributed by atoms with Gasteiger partial charge in [0.15, 0.2) is 0 Å². The van der Waals surface area contributed by atoms with Crippen LogP contribution < -0.4 is 5.32 Å². The summed E-state index contributed by atoms with van der Waals surface area (Å²) in [6.45, 7) is 10.3. The van der Waals surface area contributed by atoms with E-state index >= 15 is 0 Å². The molecule has 0 saturated carbocycles. The van der Waals surface area contributed by atoms with Crippen molar-refractivity contribution in [2.24, 2.45) is 0 Å². The van der Waals surface area contributed by atoms with E-state index < -0.39 is 0 Å². The van der Waals surface area contributed by atoms with Crippen molar-refractivity contribution in [3.63, 3.8) is 0 Å². The Morgan fingerprint density at radius 3 is 2.38 bits per heavy atom. The molecule has 1 aliphatic heterocycles. The first-order valence-corrected chi connectivity index (χ1v) is 9.41. The van der Waals surface area contributed by atoms with Gasteiger partial charge in [0, 0.05) is 39.3 Å². The molecule has 2 aromatic carbocycles. The SMILES string of the molecule is Cc1ccc(C)c(CN2CCN(CC(=O)NCc3ccccc3)CC2)c1. The summed E-state index contributed by atoms with van der Waals surface area (Å²) in [5.41, 5.74) is 5.23. The van der Waals surface area contributed by atoms with E-state index in [2.05, 4.69) is 47.2 Å². The Hall–Kier alpha value is -2.17. The number of aryl methyl sites for hydroxylation is 2. The minimum atomic E-state index is 0.108. The van der Waals surface area contributed by atoms with Gasteiger partial charge < -0.3 is 5.32 Å². The summed E-state index contributed by atoms with van der Waals surface area (Å²) < 4.78 is 0. The van der Waals surface area contributed by atoms with Crippen LogP contribution in [0.2, 0.25) is 0 Å². The Kier molecular flexibility index (Phi) is 6.42. The van der Waals surface area contributed by atoms with Crippen LogP contribution in [-0.4, -0.2) is 48.4 Å². The zero-order chi connectivity index (χ0) is 18.4. The van der Waals surface area contributed by atoms with Crippen molar-refractivity contribution in [1.29, 1.82) is 0 Å². The van der Waals surface area contributed by atoms with Crippen LogP contribution in [0.5, 0.6) is 0 Å². The molecular formula is C22H29N3O. The van der Waals surface area contributed by atoms with Gasteiger partial charge in [0.1, 0.15) is 0 Å². The maximum atomic E-state index is 12.2. The Balaban J connectivity index is 1.40. The largest absolute Gasteiger partial charge is 0.351 e. The van der Waals surface area contributed by atoms with Crippen LogP contribution in [0.3, 0.4) is 0 Å². The molecule has 26 heavy (non-hydrogen) atoms. The molecule has 0 bridgehead atoms. The predicted octanol–water partition coefficient (Wildman–Crippen LogP) is 2.74. The summed E-state index contributed by atoms with van der Waals surface area (Å²) in [5.74, 6) is 0.108. The van der Waals surface area contributed by atoms with Crippen molar-refractivity contribution < 1.29 is 4.79 Å². The molecule has 1 aliphatic rings. The second kappa shape index (κ2) is 8.97. The smallest absolute Gasteiger partial charge is 0.234 e. The van der Waals surface area contributed by atoms with Crippen LogP contribution >= 0.6 is 0 Å². The van der Waals surface area contributed by atoms with Gasteiger partial charge >= 0.3 is 0 Å². The molecule has 0 aromatic heterocycles. The van der Waals surface area contributed by atoms with E-state index in [1.54, 1.807) is 0 Å². The third-order valence-corrected chi connectivity index (χ3v) is 5.06. The summed E-state index contributed by atoms with van der Waals surface area (Å²) in [4.78, 5) is 16.9. The minimum absolute atomic E-state index is 0.108. The Morgan fingerprint density at radius 2 is 1.65 bits per heavy atom. The lowest BCUT2D eigenvalue weighted by molar-refractivity contribution is -0.122. The van der Waals surface area contributed by atoms with Gasteiger partial charge in [-0.15, -0.1) is 0 Å². The summed E-state index contributed by atoms with van der Waals surface area (Å²) in [6, 6.07) is 16.7. The van der Waals surface area contributed by atoms with E-state index in [1.807, 2.05) is 30.3 Å². The number of nitrogens with zero attached hydrogens (tertiary/aromatic N) is 2. The first-order valence-electron chi connectivity index (χ1n) is 9.41. The molecule has 4 heteroatoms. The van der Waals surface area contributed by atoms with Crippen molar-refractivity contribution in [1.82, 2.24) is 15.1 Å². The first kappa shape index (κ1) is 18.6. The lowest BCUT2D eigenvalue weighted by atomic mass is 10.0. The van der Waals surface area contributed by atoms with Gasteiger partial charge in [-0.05, 0) is 30.5 Å². The molecule has 0 atom stereocenters. The van der Waals surface area contributed by atoms with Gasteiger partial charge in [-0.2, -0.15) is 0 Å². The van der Waals surface area contributed by atoms with Crippen molar-refractivity contribution in [2.75, 3.05) is 32.7 Å². The number of amides is 1. The zero-order valence-electron chi connectivity index (χ0n) is 15.9. The van der Waals surface area contributed by atoms with Crippen LogP contribution in [0.25, 0.3) is 0 Å². The van der Waals surface area contributed by atoms with E-state index in [0.717, 1.165) is 38.3 Å². The number of hydrogen-bond donors (Lipinski definition) is 1. The molecule has 138 valence electrons. The predicted molar refractivity (Wildman–Crippen MR) is 106 cm³/mol. The van der Waals surface area contributed by atoms with Crippen molar-refractivity contribution in [2.45, 2.75) is 26.9 Å². The molecule has 1 saturated heterocycles. The number of carbonyl (C=O) groups is 1. The van der Waals surface area contributed by atoms with E-state index in [4.69, 9.17) is 0 Å². The molecular weight excluding hydrogens is 322 g/mol. The molecule has 0 radical (unpaired) electrons. The van der Waals surface area contributed by atoms with E-state index in [0.29, 0.717) is 13.1 Å². The zero-order valence-corrected chi connectivity index (χ0v) is 15.9. The Bertz CT molecular complexity index is 721. The Labute approximate surface area is 156 Å². The number of hydrogen-bond acceptors (Lipinski definition) is 3. The normalized spacial score (nSPS) is 15.8. The second-order valence-electron chi connectivity index (χ2n) is 7.24. The molecule has 4 nitrogen and oxygen atoms in total. The second-order valence-corrected chi connectivity index (χ2v) is 7.24. The van der Waals surface area contributed by atoms with E-state index in [9.17, 15) is 4.79 Å². The van der Waals surface area contributed by atoms with Gasteiger partial charge in [0.25, 0.3) is 0 Å². The quantitative estimate of drug-likeness (QED) is 0.869. The maximum absolute atomic E-state index is 12.2. The average Bonchev–Trinajstić information content (AvgIpc) is 2.65. The fourth-order valence-corrected chi connectivity index (χ4v) is 3.37. The fourth-order valence-electron chi connectivity index (χ4n) is 3.37. The highest BCUT2D eigenvalue weighted by atomic mass is 16.2. The summed E-state index contributed by atoms with van der Waals surface area (Å²) in [6.07, 6.45) is 0. The van der Waals surface area contributed by atoms with Crippen molar-refractivity contribution in [3.05, 3.63) is 70.8 Å². The van der Waals surface area contributed by atoms with E-state index in [-0.39, 0.29) is 5.91 Å². The van der Waals surface area contributed by atoms with Gasteiger partial charge in [0.2, 0.25) is 5.91 Å². The van der Waals surface area contributed by atoms with Crippen molar-refractivity contribution >= 4 is 5.91 Å². The Morgan fingerprint density at radius 1 is 0.962 bits per heavy atom. The fraction of sp³-hybridized carbons (Fsp3) is 0.409. The highest BCUT2D eigenvalue weighted by Crippen LogP contribution is 2.14. The van der Waals surface area contributed by atoms with Gasteiger partial charge in [-0.25, -0.2) is 0 Å². The number of piperazine rings is 1. The molecule has 1 heterocycles. The number of rotatable bonds is 6. The molecule has 3 rings (SSSR count). The highest BCUT2D eigenvalue weighted by molar-refractivity contribution is 5.78. The summed E-state index contributed by atoms with van der Waals surface area (Å²) in [5, 5.41) is 3.02. The molecule has 1 amide bonds. The van der Waals surface area contributed by atoms with Crippen LogP contribution in [0, 0.1) is 13.8 Å². The topological polar surface area (TPSA) is 35.6 Å². The molecule has 1 N–H and O–H groups in total. The average molecular weight is 351 g/mol. The van der Waals surface area contributed by atoms with Crippen LogP contribution in [-0.2, 0) is 17.9 Å². The highest BCUT2D eigenvalue weighted by Gasteiger charge is 2.19. The molecule has 0 aliphatic carbocycles. The minimum Gasteiger partial charge on any atom is -0.351 e. The van der Waals surface area contributed by atoms with Gasteiger partial charge in [-0.3, -0.25) is 14.6 Å². The maximum Gasteiger partial charge on any atom is 0.234 e. The number of carbonyl (C=O) groups excluding carboxylic acids is 1. The number of nitrogens with one attached hydrogen (secondary N) is 1. The van der Waals surface area contributed by atoms with Gasteiger partial charge in [0.05, 0.1) is 6.54 Å². The molecule has 0 spiro atoms. The van der Waals surface area contributed by atoms with Crippen LogP contribution in [0.1, 0.15) is 22.3 Å². The lowest BCUT2D eigenvalue weighted by Crippen LogP contribution is -2.49. The van der Waals surface area contributed by atoms with E-state index in [1.165, 1.54) is 16.7 Å².